The Hall–Kier alpha value is -0.761. The van der Waals surface area contributed by atoms with E-state index in [1.165, 1.54) is 10.0 Å². The molecule has 0 bridgehead atoms. The molecule has 125 valence electrons. The van der Waals surface area contributed by atoms with Crippen molar-refractivity contribution in [3.63, 3.8) is 0 Å². The third-order valence-electron chi connectivity index (χ3n) is 3.32. The number of hydrogen-bond acceptors (Lipinski definition) is 6. The molecule has 0 aromatic rings. The van der Waals surface area contributed by atoms with Gasteiger partial charge in [-0.1, -0.05) is 24.4 Å². The maximum absolute atomic E-state index is 11.7. The standard InChI is InChI=1S/C13H20N4O2S2.Cu/c1-16(12(20)8-3-4-8)14-10(18)7-11(19)15-17(2)13(21)9-5-6-9;/h8-9H,3-7H2,1-2H3,(H,14,18)(H,15,19);/q;+2/p-2. The number of hydrazone groups is 2. The molecule has 6 nitrogen and oxygen atoms in total. The zero-order valence-corrected chi connectivity index (χ0v) is 15.0. The van der Waals surface area contributed by atoms with Crippen LogP contribution in [0.5, 0.6) is 0 Å². The minimum atomic E-state index is -0.542. The molecular weight excluding hydrogens is 372 g/mol. The van der Waals surface area contributed by atoms with Crippen LogP contribution in [0.15, 0.2) is 10.2 Å². The summed E-state index contributed by atoms with van der Waals surface area (Å²) in [5, 5.41) is 33.8. The fourth-order valence-corrected chi connectivity index (χ4v) is 2.38. The van der Waals surface area contributed by atoms with Crippen molar-refractivity contribution < 1.29 is 27.3 Å². The van der Waals surface area contributed by atoms with Crippen molar-refractivity contribution in [2.45, 2.75) is 32.1 Å². The third-order valence-corrected chi connectivity index (χ3v) is 4.51. The summed E-state index contributed by atoms with van der Waals surface area (Å²) < 4.78 is 0. The van der Waals surface area contributed by atoms with Gasteiger partial charge in [0.15, 0.2) is 0 Å². The van der Waals surface area contributed by atoms with E-state index in [2.05, 4.69) is 10.2 Å². The monoisotopic (exact) mass is 389 g/mol. The molecule has 0 atom stereocenters. The Morgan fingerprint density at radius 1 is 0.909 bits per heavy atom. The number of hydrogen-bond donors (Lipinski definition) is 0. The van der Waals surface area contributed by atoms with Crippen molar-refractivity contribution in [2.75, 3.05) is 14.1 Å². The molecular formula is C13H18CuN4O2S2. The zero-order valence-electron chi connectivity index (χ0n) is 12.4. The predicted octanol–water partition coefficient (Wildman–Crippen LogP) is 0.0600. The van der Waals surface area contributed by atoms with Gasteiger partial charge in [0.2, 0.25) is 0 Å². The summed E-state index contributed by atoms with van der Waals surface area (Å²) in [4.78, 5) is 1.31. The average molecular weight is 390 g/mol. The molecule has 2 aliphatic rings. The summed E-state index contributed by atoms with van der Waals surface area (Å²) in [6.07, 6.45) is 3.82. The molecule has 2 saturated carbocycles. The van der Waals surface area contributed by atoms with Crippen LogP contribution < -0.4 is 10.2 Å². The molecule has 0 aromatic heterocycles. The normalized spacial score (nSPS) is 18.5. The molecule has 22 heavy (non-hydrogen) atoms. The van der Waals surface area contributed by atoms with Crippen molar-refractivity contribution in [2.24, 2.45) is 22.0 Å². The van der Waals surface area contributed by atoms with Crippen molar-refractivity contribution in [1.29, 1.82) is 0 Å². The average Bonchev–Trinajstić information content (AvgIpc) is 3.29. The number of thiocarbonyl (C=S) groups is 2. The fraction of sp³-hybridized carbons (Fsp3) is 0.692. The summed E-state index contributed by atoms with van der Waals surface area (Å²) in [6.45, 7) is 0. The van der Waals surface area contributed by atoms with Crippen LogP contribution in [0.1, 0.15) is 32.1 Å². The van der Waals surface area contributed by atoms with Crippen LogP contribution in [0, 0.1) is 11.8 Å². The van der Waals surface area contributed by atoms with Crippen molar-refractivity contribution in [3.05, 3.63) is 0 Å². The van der Waals surface area contributed by atoms with Gasteiger partial charge in [-0.2, -0.15) is 10.2 Å². The Kier molecular flexibility index (Phi) is 7.18. The minimum Gasteiger partial charge on any atom is -0.860 e. The SMILES string of the molecule is CN(/N=C(\[O-])C/C([O-])=N/N(C)C(=S)C1CC1)C(=S)C1CC1.[Cu+2]. The molecule has 0 N–H and O–H groups in total. The van der Waals surface area contributed by atoms with Gasteiger partial charge in [-0.15, -0.1) is 0 Å². The Morgan fingerprint density at radius 2 is 1.23 bits per heavy atom. The summed E-state index contributed by atoms with van der Waals surface area (Å²) in [6, 6.07) is 0. The Bertz CT molecular complexity index is 460. The van der Waals surface area contributed by atoms with Crippen LogP contribution >= 0.6 is 24.4 Å². The Balaban J connectivity index is 0.00000242. The molecule has 0 spiro atoms. The van der Waals surface area contributed by atoms with Gasteiger partial charge < -0.3 is 10.2 Å². The van der Waals surface area contributed by atoms with E-state index in [1.807, 2.05) is 0 Å². The minimum absolute atomic E-state index is 0. The smallest absolute Gasteiger partial charge is 0.860 e. The molecule has 1 radical (unpaired) electrons. The van der Waals surface area contributed by atoms with Crippen LogP contribution in [-0.2, 0) is 17.1 Å². The van der Waals surface area contributed by atoms with Crippen LogP contribution in [-0.4, -0.2) is 45.9 Å². The van der Waals surface area contributed by atoms with Gasteiger partial charge in [-0.05, 0) is 37.5 Å². The number of nitrogens with zero attached hydrogens (tertiary/aromatic N) is 4. The topological polar surface area (TPSA) is 77.3 Å². The van der Waals surface area contributed by atoms with E-state index in [9.17, 15) is 10.2 Å². The molecule has 0 saturated heterocycles. The van der Waals surface area contributed by atoms with Crippen molar-refractivity contribution in [3.8, 4) is 0 Å². The fourth-order valence-electron chi connectivity index (χ4n) is 1.82. The molecule has 2 fully saturated rings. The molecule has 0 aromatic carbocycles. The molecule has 9 heteroatoms. The summed E-state index contributed by atoms with van der Waals surface area (Å²) in [5.41, 5.74) is 0. The van der Waals surface area contributed by atoms with Crippen LogP contribution in [0.4, 0.5) is 0 Å². The summed E-state index contributed by atoms with van der Waals surface area (Å²) in [5.74, 6) is -0.382. The van der Waals surface area contributed by atoms with Gasteiger partial charge in [-0.3, -0.25) is 10.0 Å². The summed E-state index contributed by atoms with van der Waals surface area (Å²) in [7, 11) is 3.27. The zero-order chi connectivity index (χ0) is 15.6. The van der Waals surface area contributed by atoms with E-state index in [0.717, 1.165) is 25.7 Å². The van der Waals surface area contributed by atoms with E-state index >= 15 is 0 Å². The second-order valence-electron chi connectivity index (χ2n) is 5.44. The molecule has 0 unspecified atom stereocenters. The first-order valence-corrected chi connectivity index (χ1v) is 7.74. The molecule has 2 rings (SSSR count). The van der Waals surface area contributed by atoms with Crippen LogP contribution in [0.2, 0.25) is 0 Å². The molecule has 0 amide bonds. The second-order valence-corrected chi connectivity index (χ2v) is 6.27. The summed E-state index contributed by atoms with van der Waals surface area (Å²) >= 11 is 10.4. The van der Waals surface area contributed by atoms with Gasteiger partial charge >= 0.3 is 17.1 Å². The van der Waals surface area contributed by atoms with E-state index in [0.29, 0.717) is 21.8 Å². The van der Waals surface area contributed by atoms with Gasteiger partial charge in [0.05, 0.1) is 0 Å². The molecule has 0 aliphatic heterocycles. The van der Waals surface area contributed by atoms with Crippen molar-refractivity contribution in [1.82, 2.24) is 10.0 Å². The first-order chi connectivity index (χ1) is 9.88. The largest absolute Gasteiger partial charge is 2.00 e. The van der Waals surface area contributed by atoms with E-state index < -0.39 is 11.8 Å². The first-order valence-electron chi connectivity index (χ1n) is 6.92. The molecule has 0 heterocycles. The second kappa shape index (κ2) is 8.19. The van der Waals surface area contributed by atoms with Crippen LogP contribution in [0.3, 0.4) is 0 Å². The van der Waals surface area contributed by atoms with Gasteiger partial charge in [0, 0.05) is 32.4 Å². The molecule has 2 aliphatic carbocycles. The van der Waals surface area contributed by atoms with Gasteiger partial charge in [0.1, 0.15) is 9.98 Å². The van der Waals surface area contributed by atoms with E-state index in [-0.39, 0.29) is 23.5 Å². The maximum atomic E-state index is 11.7. The van der Waals surface area contributed by atoms with Gasteiger partial charge in [-0.25, -0.2) is 0 Å². The number of rotatable bonds is 6. The Morgan fingerprint density at radius 3 is 1.50 bits per heavy atom. The van der Waals surface area contributed by atoms with E-state index in [1.54, 1.807) is 14.1 Å². The van der Waals surface area contributed by atoms with Crippen molar-refractivity contribution >= 4 is 46.2 Å². The third kappa shape index (κ3) is 5.79. The predicted molar refractivity (Wildman–Crippen MR) is 85.7 cm³/mol. The van der Waals surface area contributed by atoms with E-state index in [4.69, 9.17) is 24.4 Å². The first kappa shape index (κ1) is 19.3. The maximum Gasteiger partial charge on any atom is 2.00 e. The quantitative estimate of drug-likeness (QED) is 0.210. The Labute approximate surface area is 151 Å². The van der Waals surface area contributed by atoms with Gasteiger partial charge in [0.25, 0.3) is 0 Å². The van der Waals surface area contributed by atoms with Crippen LogP contribution in [0.25, 0.3) is 0 Å².